The van der Waals surface area contributed by atoms with Gasteiger partial charge in [0.15, 0.2) is 34.9 Å². The Hall–Kier alpha value is -8.73. The summed E-state index contributed by atoms with van der Waals surface area (Å²) >= 11 is 0. The molecule has 0 spiro atoms. The van der Waals surface area contributed by atoms with Crippen LogP contribution in [0.3, 0.4) is 0 Å². The van der Waals surface area contributed by atoms with Crippen molar-refractivity contribution in [2.75, 3.05) is 0 Å². The van der Waals surface area contributed by atoms with Crippen LogP contribution in [0, 0.1) is 11.3 Å². The maximum absolute atomic E-state index is 9.44. The molecule has 0 saturated heterocycles. The molecule has 8 aromatic carbocycles. The molecule has 2 heterocycles. The number of rotatable bonds is 9. The van der Waals surface area contributed by atoms with Crippen molar-refractivity contribution in [2.24, 2.45) is 0 Å². The number of nitriles is 1. The van der Waals surface area contributed by atoms with Crippen LogP contribution in [0.5, 0.6) is 0 Å². The quantitative estimate of drug-likeness (QED) is 0.143. The highest BCUT2D eigenvalue weighted by Crippen LogP contribution is 2.35. The van der Waals surface area contributed by atoms with E-state index in [2.05, 4.69) is 66.7 Å². The molecule has 10 aromatic rings. The lowest BCUT2D eigenvalue weighted by Crippen LogP contribution is -2.01. The smallest absolute Gasteiger partial charge is 0.164 e. The predicted molar refractivity (Wildman–Crippen MR) is 247 cm³/mol. The van der Waals surface area contributed by atoms with Gasteiger partial charge >= 0.3 is 0 Å². The molecule has 0 radical (unpaired) electrons. The molecule has 0 atom stereocenters. The van der Waals surface area contributed by atoms with Gasteiger partial charge in [0, 0.05) is 33.4 Å². The first-order valence-corrected chi connectivity index (χ1v) is 20.3. The van der Waals surface area contributed by atoms with Crippen molar-refractivity contribution in [3.05, 3.63) is 218 Å². The summed E-state index contributed by atoms with van der Waals surface area (Å²) in [5.74, 6) is 3.60. The van der Waals surface area contributed by atoms with Crippen LogP contribution in [0.2, 0.25) is 0 Å². The largest absolute Gasteiger partial charge is 0.208 e. The highest BCUT2D eigenvalue weighted by molar-refractivity contribution is 5.84. The van der Waals surface area contributed by atoms with E-state index in [-0.39, 0.29) is 0 Å². The van der Waals surface area contributed by atoms with Crippen molar-refractivity contribution in [1.82, 2.24) is 29.9 Å². The van der Waals surface area contributed by atoms with Crippen LogP contribution in [-0.4, -0.2) is 29.9 Å². The second-order valence-electron chi connectivity index (χ2n) is 14.7. The molecule has 0 aliphatic carbocycles. The summed E-state index contributed by atoms with van der Waals surface area (Å²) in [5, 5.41) is 9.44. The second kappa shape index (κ2) is 16.9. The Morgan fingerprint density at radius 1 is 0.242 bits per heavy atom. The molecule has 62 heavy (non-hydrogen) atoms. The molecule has 2 aromatic heterocycles. The number of nitrogens with zero attached hydrogens (tertiary/aromatic N) is 7. The first-order valence-electron chi connectivity index (χ1n) is 20.3. The average Bonchev–Trinajstić information content (AvgIpc) is 3.37. The van der Waals surface area contributed by atoms with Gasteiger partial charge in [-0.2, -0.15) is 5.26 Å². The van der Waals surface area contributed by atoms with Crippen LogP contribution in [0.1, 0.15) is 5.56 Å². The van der Waals surface area contributed by atoms with Gasteiger partial charge in [-0.3, -0.25) is 0 Å². The zero-order valence-corrected chi connectivity index (χ0v) is 33.3. The van der Waals surface area contributed by atoms with E-state index >= 15 is 0 Å². The maximum atomic E-state index is 9.44. The highest BCUT2D eigenvalue weighted by Gasteiger charge is 2.17. The minimum Gasteiger partial charge on any atom is -0.208 e. The summed E-state index contributed by atoms with van der Waals surface area (Å²) in [5.41, 5.74) is 12.2. The fourth-order valence-corrected chi connectivity index (χ4v) is 7.47. The van der Waals surface area contributed by atoms with E-state index in [0.29, 0.717) is 40.5 Å². The Bertz CT molecular complexity index is 3160. The van der Waals surface area contributed by atoms with Gasteiger partial charge in [-0.15, -0.1) is 0 Å². The van der Waals surface area contributed by atoms with Gasteiger partial charge in [0.05, 0.1) is 11.6 Å². The Kier molecular flexibility index (Phi) is 10.2. The SMILES string of the molecule is N#Cc1cccc(-c2ccc(-c3nc(-c4ccccc4)nc(-c4ccccc4-c4cccc(-c5ccc(-c6nc(-c7ccccc7)nc(-c7ccccc7)n6)cc5)c4)n3)cc2)c1. The summed E-state index contributed by atoms with van der Waals surface area (Å²) in [6, 6.07) is 73.1. The summed E-state index contributed by atoms with van der Waals surface area (Å²) in [6.45, 7) is 0. The van der Waals surface area contributed by atoms with Crippen LogP contribution in [0.25, 0.3) is 102 Å². The lowest BCUT2D eigenvalue weighted by atomic mass is 9.95. The van der Waals surface area contributed by atoms with Gasteiger partial charge in [-0.25, -0.2) is 29.9 Å². The van der Waals surface area contributed by atoms with Crippen molar-refractivity contribution >= 4 is 0 Å². The van der Waals surface area contributed by atoms with Crippen LogP contribution < -0.4 is 0 Å². The van der Waals surface area contributed by atoms with Crippen LogP contribution in [0.15, 0.2) is 212 Å². The van der Waals surface area contributed by atoms with E-state index in [1.165, 1.54) is 0 Å². The molecule has 7 nitrogen and oxygen atoms in total. The molecule has 0 bridgehead atoms. The third-order valence-electron chi connectivity index (χ3n) is 10.7. The number of benzene rings is 8. The second-order valence-corrected chi connectivity index (χ2v) is 14.7. The molecule has 7 heteroatoms. The third kappa shape index (κ3) is 7.87. The zero-order chi connectivity index (χ0) is 41.7. The Balaban J connectivity index is 0.997. The molecular formula is C55H35N7. The monoisotopic (exact) mass is 793 g/mol. The average molecular weight is 794 g/mol. The molecular weight excluding hydrogens is 759 g/mol. The van der Waals surface area contributed by atoms with E-state index in [1.807, 2.05) is 152 Å². The number of hydrogen-bond acceptors (Lipinski definition) is 7. The Morgan fingerprint density at radius 2 is 0.565 bits per heavy atom. The molecule has 0 fully saturated rings. The van der Waals surface area contributed by atoms with E-state index < -0.39 is 0 Å². The van der Waals surface area contributed by atoms with Crippen LogP contribution in [-0.2, 0) is 0 Å². The highest BCUT2D eigenvalue weighted by atomic mass is 15.0. The topological polar surface area (TPSA) is 101 Å². The van der Waals surface area contributed by atoms with Crippen molar-refractivity contribution < 1.29 is 0 Å². The minimum atomic E-state index is 0.569. The zero-order valence-electron chi connectivity index (χ0n) is 33.3. The molecule has 0 saturated carbocycles. The van der Waals surface area contributed by atoms with Gasteiger partial charge in [-0.05, 0) is 51.6 Å². The minimum absolute atomic E-state index is 0.569. The molecule has 290 valence electrons. The van der Waals surface area contributed by atoms with Crippen LogP contribution in [0.4, 0.5) is 0 Å². The van der Waals surface area contributed by atoms with E-state index in [0.717, 1.165) is 66.8 Å². The first kappa shape index (κ1) is 37.5. The normalized spacial score (nSPS) is 10.9. The van der Waals surface area contributed by atoms with Gasteiger partial charge in [0.2, 0.25) is 0 Å². The van der Waals surface area contributed by atoms with Gasteiger partial charge < -0.3 is 0 Å². The number of hydrogen-bond donors (Lipinski definition) is 0. The Labute approximate surface area is 359 Å². The summed E-state index contributed by atoms with van der Waals surface area (Å²) in [7, 11) is 0. The molecule has 0 amide bonds. The summed E-state index contributed by atoms with van der Waals surface area (Å²) < 4.78 is 0. The molecule has 0 N–H and O–H groups in total. The fraction of sp³-hybridized carbons (Fsp3) is 0. The van der Waals surface area contributed by atoms with E-state index in [1.54, 1.807) is 0 Å². The lowest BCUT2D eigenvalue weighted by Gasteiger charge is -2.13. The Morgan fingerprint density at radius 3 is 1.02 bits per heavy atom. The number of aromatic nitrogens is 6. The standard InChI is InChI=1S/C55H35N7/c56-36-37-14-12-21-45(34-37)38-26-30-44(31-27-38)54-60-52(42-19-8-3-9-20-42)61-55(62-54)49-25-11-10-24-48(49)47-23-13-22-46(35-47)39-28-32-43(33-29-39)53-58-50(40-15-4-1-5-16-40)57-51(59-53)41-17-6-2-7-18-41/h1-35H. The lowest BCUT2D eigenvalue weighted by molar-refractivity contribution is 1.07. The van der Waals surface area contributed by atoms with Gasteiger partial charge in [0.1, 0.15) is 0 Å². The van der Waals surface area contributed by atoms with Crippen molar-refractivity contribution in [3.8, 4) is 108 Å². The van der Waals surface area contributed by atoms with Gasteiger partial charge in [0.25, 0.3) is 0 Å². The fourth-order valence-electron chi connectivity index (χ4n) is 7.47. The molecule has 10 rings (SSSR count). The summed E-state index contributed by atoms with van der Waals surface area (Å²) in [6.07, 6.45) is 0. The maximum Gasteiger partial charge on any atom is 0.164 e. The van der Waals surface area contributed by atoms with Crippen molar-refractivity contribution in [1.29, 1.82) is 5.26 Å². The third-order valence-corrected chi connectivity index (χ3v) is 10.7. The van der Waals surface area contributed by atoms with E-state index in [4.69, 9.17) is 29.9 Å². The predicted octanol–water partition coefficient (Wildman–Crippen LogP) is 12.9. The van der Waals surface area contributed by atoms with Crippen LogP contribution >= 0.6 is 0 Å². The molecule has 0 aliphatic heterocycles. The first-order chi connectivity index (χ1) is 30.6. The van der Waals surface area contributed by atoms with Crippen molar-refractivity contribution in [3.63, 3.8) is 0 Å². The molecule has 0 unspecified atom stereocenters. The molecule has 0 aliphatic rings. The summed E-state index contributed by atoms with van der Waals surface area (Å²) in [4.78, 5) is 29.8. The van der Waals surface area contributed by atoms with E-state index in [9.17, 15) is 5.26 Å². The van der Waals surface area contributed by atoms with Gasteiger partial charge in [-0.1, -0.05) is 194 Å². The van der Waals surface area contributed by atoms with Crippen molar-refractivity contribution in [2.45, 2.75) is 0 Å².